The van der Waals surface area contributed by atoms with Crippen LogP contribution < -0.4 is 17.0 Å². The normalized spacial score (nSPS) is 16.3. The van der Waals surface area contributed by atoms with Gasteiger partial charge < -0.3 is 10.5 Å². The van der Waals surface area contributed by atoms with E-state index in [9.17, 15) is 27.6 Å². The van der Waals surface area contributed by atoms with Crippen LogP contribution in [0.4, 0.5) is 5.82 Å². The van der Waals surface area contributed by atoms with Crippen LogP contribution in [-0.4, -0.2) is 52.5 Å². The number of hydrogen-bond donors (Lipinski definition) is 1. The van der Waals surface area contributed by atoms with Gasteiger partial charge in [-0.15, -0.1) is 0 Å². The van der Waals surface area contributed by atoms with E-state index in [0.717, 1.165) is 30.8 Å². The quantitative estimate of drug-likeness (QED) is 0.416. The largest absolute Gasteiger partial charge is 0.456 e. The molecule has 12 heteroatoms. The van der Waals surface area contributed by atoms with Crippen LogP contribution in [0.5, 0.6) is 0 Å². The summed E-state index contributed by atoms with van der Waals surface area (Å²) in [4.78, 5) is 50.7. The number of esters is 1. The Morgan fingerprint density at radius 3 is 2.38 bits per heavy atom. The van der Waals surface area contributed by atoms with Crippen molar-refractivity contribution >= 4 is 27.6 Å². The topological polar surface area (TPSA) is 151 Å². The Morgan fingerprint density at radius 2 is 1.79 bits per heavy atom. The standard InChI is InChI=1S/C22H28N4O7S/c1-13(2)10-25-19(23)18(20(28)24(3)22(25)30)17(27)12-33-21(29)16-9-14-7-5-6-8-15(14)11-26(16)34(4,31)32/h5-8,13,16H,9-12,23H2,1-4H3/t16-/m1/s1. The molecule has 0 saturated heterocycles. The summed E-state index contributed by atoms with van der Waals surface area (Å²) in [6, 6.07) is 5.98. The van der Waals surface area contributed by atoms with E-state index in [1.165, 1.54) is 7.05 Å². The first-order chi connectivity index (χ1) is 15.8. The van der Waals surface area contributed by atoms with E-state index in [1.54, 1.807) is 24.3 Å². The summed E-state index contributed by atoms with van der Waals surface area (Å²) in [5.74, 6) is -2.09. The second-order valence-corrected chi connectivity index (χ2v) is 10.7. The highest BCUT2D eigenvalue weighted by Crippen LogP contribution is 2.26. The number of anilines is 1. The van der Waals surface area contributed by atoms with Gasteiger partial charge in [0.1, 0.15) is 17.4 Å². The van der Waals surface area contributed by atoms with Crippen LogP contribution in [0, 0.1) is 5.92 Å². The fourth-order valence-corrected chi connectivity index (χ4v) is 4.94. The number of nitrogens with zero attached hydrogens (tertiary/aromatic N) is 3. The fourth-order valence-electron chi connectivity index (χ4n) is 3.94. The molecule has 0 amide bonds. The molecule has 0 radical (unpaired) electrons. The van der Waals surface area contributed by atoms with Crippen LogP contribution in [0.15, 0.2) is 33.9 Å². The summed E-state index contributed by atoms with van der Waals surface area (Å²) in [5, 5.41) is 0. The van der Waals surface area contributed by atoms with Crippen molar-refractivity contribution in [2.24, 2.45) is 13.0 Å². The smallest absolute Gasteiger partial charge is 0.332 e. The van der Waals surface area contributed by atoms with Gasteiger partial charge in [-0.2, -0.15) is 4.31 Å². The number of nitrogens with two attached hydrogens (primary N) is 1. The molecule has 1 aromatic heterocycles. The minimum absolute atomic E-state index is 0.00360. The van der Waals surface area contributed by atoms with Crippen LogP contribution >= 0.6 is 0 Å². The molecular formula is C22H28N4O7S. The number of fused-ring (bicyclic) bond motifs is 1. The molecule has 0 spiro atoms. The first-order valence-electron chi connectivity index (χ1n) is 10.7. The number of ether oxygens (including phenoxy) is 1. The van der Waals surface area contributed by atoms with Gasteiger partial charge in [0.05, 0.1) is 6.26 Å². The maximum Gasteiger partial charge on any atom is 0.332 e. The second kappa shape index (κ2) is 9.55. The van der Waals surface area contributed by atoms with Gasteiger partial charge in [0.15, 0.2) is 6.61 Å². The number of nitrogen functional groups attached to an aromatic ring is 1. The number of benzene rings is 1. The average Bonchev–Trinajstić information content (AvgIpc) is 2.77. The molecule has 0 fully saturated rings. The van der Waals surface area contributed by atoms with Crippen molar-refractivity contribution in [2.75, 3.05) is 18.6 Å². The van der Waals surface area contributed by atoms with Crippen LogP contribution in [0.3, 0.4) is 0 Å². The number of Topliss-reactive ketones (excluding diaryl/α,β-unsaturated/α-hetero) is 1. The molecule has 1 aliphatic rings. The number of aromatic nitrogens is 2. The molecule has 2 aromatic rings. The van der Waals surface area contributed by atoms with Gasteiger partial charge in [-0.25, -0.2) is 13.2 Å². The van der Waals surface area contributed by atoms with Crippen LogP contribution in [0.2, 0.25) is 0 Å². The predicted molar refractivity (Wildman–Crippen MR) is 125 cm³/mol. The molecule has 11 nitrogen and oxygen atoms in total. The number of carbonyl (C=O) groups is 2. The molecule has 34 heavy (non-hydrogen) atoms. The van der Waals surface area contributed by atoms with Gasteiger partial charge in [0, 0.05) is 26.6 Å². The van der Waals surface area contributed by atoms with Crippen LogP contribution in [0.25, 0.3) is 0 Å². The molecule has 1 aromatic carbocycles. The summed E-state index contributed by atoms with van der Waals surface area (Å²) in [6.07, 6.45) is 1.08. The zero-order valence-corrected chi connectivity index (χ0v) is 20.3. The molecule has 1 aliphatic heterocycles. The number of sulfonamides is 1. The van der Waals surface area contributed by atoms with Crippen molar-refractivity contribution in [1.29, 1.82) is 0 Å². The van der Waals surface area contributed by atoms with Gasteiger partial charge >= 0.3 is 11.7 Å². The molecule has 0 bridgehead atoms. The Bertz CT molecular complexity index is 1360. The Morgan fingerprint density at radius 1 is 1.18 bits per heavy atom. The monoisotopic (exact) mass is 492 g/mol. The minimum Gasteiger partial charge on any atom is -0.456 e. The first-order valence-corrected chi connectivity index (χ1v) is 12.5. The minimum atomic E-state index is -3.76. The first kappa shape index (κ1) is 25.4. The SMILES string of the molecule is CC(C)Cn1c(N)c(C(=O)COC(=O)[C@H]2Cc3ccccc3CN2S(C)(=O)=O)c(=O)n(C)c1=O. The summed E-state index contributed by atoms with van der Waals surface area (Å²) < 4.78 is 32.7. The Hall–Kier alpha value is -3.25. The summed E-state index contributed by atoms with van der Waals surface area (Å²) >= 11 is 0. The molecule has 1 atom stereocenters. The van der Waals surface area contributed by atoms with Crippen molar-refractivity contribution < 1.29 is 22.7 Å². The fraction of sp³-hybridized carbons (Fsp3) is 0.455. The van der Waals surface area contributed by atoms with Crippen molar-refractivity contribution in [3.05, 3.63) is 61.8 Å². The predicted octanol–water partition coefficient (Wildman–Crippen LogP) is -0.102. The highest BCUT2D eigenvalue weighted by atomic mass is 32.2. The number of hydrogen-bond acceptors (Lipinski definition) is 8. The van der Waals surface area contributed by atoms with E-state index in [1.807, 2.05) is 13.8 Å². The van der Waals surface area contributed by atoms with E-state index in [4.69, 9.17) is 10.5 Å². The lowest BCUT2D eigenvalue weighted by atomic mass is 9.96. The number of ketones is 1. The lowest BCUT2D eigenvalue weighted by Crippen LogP contribution is -2.49. The molecule has 184 valence electrons. The summed E-state index contributed by atoms with van der Waals surface area (Å²) in [6.45, 7) is 3.04. The van der Waals surface area contributed by atoms with Crippen LogP contribution in [0.1, 0.15) is 35.3 Å². The molecule has 0 unspecified atom stereocenters. The lowest BCUT2D eigenvalue weighted by Gasteiger charge is -2.33. The third kappa shape index (κ3) is 4.97. The Labute approximate surface area is 196 Å². The average molecular weight is 493 g/mol. The zero-order chi connectivity index (χ0) is 25.4. The van der Waals surface area contributed by atoms with Gasteiger partial charge in [-0.3, -0.25) is 23.5 Å². The number of rotatable bonds is 7. The van der Waals surface area contributed by atoms with Crippen LogP contribution in [-0.2, 0) is 46.1 Å². The van der Waals surface area contributed by atoms with Gasteiger partial charge in [0.2, 0.25) is 15.8 Å². The van der Waals surface area contributed by atoms with Crippen molar-refractivity contribution in [1.82, 2.24) is 13.4 Å². The lowest BCUT2D eigenvalue weighted by molar-refractivity contribution is -0.147. The number of carbonyl (C=O) groups excluding carboxylic acids is 2. The van der Waals surface area contributed by atoms with E-state index >= 15 is 0 Å². The van der Waals surface area contributed by atoms with E-state index in [2.05, 4.69) is 0 Å². The highest BCUT2D eigenvalue weighted by Gasteiger charge is 2.38. The summed E-state index contributed by atoms with van der Waals surface area (Å²) in [5.41, 5.74) is 5.55. The third-order valence-corrected chi connectivity index (χ3v) is 6.89. The van der Waals surface area contributed by atoms with E-state index in [0.29, 0.717) is 0 Å². The third-order valence-electron chi connectivity index (χ3n) is 5.66. The molecule has 2 heterocycles. The Kier molecular flexibility index (Phi) is 7.13. The maximum absolute atomic E-state index is 12.9. The molecular weight excluding hydrogens is 464 g/mol. The molecule has 0 aliphatic carbocycles. The van der Waals surface area contributed by atoms with Crippen molar-refractivity contribution in [3.63, 3.8) is 0 Å². The molecule has 0 saturated carbocycles. The van der Waals surface area contributed by atoms with Gasteiger partial charge in [-0.1, -0.05) is 38.1 Å². The van der Waals surface area contributed by atoms with Gasteiger partial charge in [-0.05, 0) is 17.0 Å². The van der Waals surface area contributed by atoms with Crippen molar-refractivity contribution in [3.8, 4) is 0 Å². The summed E-state index contributed by atoms with van der Waals surface area (Å²) in [7, 11) is -2.53. The van der Waals surface area contributed by atoms with E-state index < -0.39 is 51.2 Å². The maximum atomic E-state index is 12.9. The molecule has 2 N–H and O–H groups in total. The zero-order valence-electron chi connectivity index (χ0n) is 19.5. The molecule has 3 rings (SSSR count). The van der Waals surface area contributed by atoms with E-state index in [-0.39, 0.29) is 31.2 Å². The second-order valence-electron chi connectivity index (χ2n) is 8.74. The van der Waals surface area contributed by atoms with Gasteiger partial charge in [0.25, 0.3) is 5.56 Å². The van der Waals surface area contributed by atoms with Crippen molar-refractivity contribution in [2.45, 2.75) is 39.4 Å². The Balaban J connectivity index is 1.86. The highest BCUT2D eigenvalue weighted by molar-refractivity contribution is 7.88.